The topological polar surface area (TPSA) is 75.5 Å². The number of nitrogens with one attached hydrogen (secondary N) is 1. The number of rotatable bonds is 4. The van der Waals surface area contributed by atoms with Gasteiger partial charge in [-0.15, -0.1) is 0 Å². The first kappa shape index (κ1) is 16.0. The number of nitro benzene ring substituents is 1. The minimum absolute atomic E-state index is 0.0348. The molecule has 21 heavy (non-hydrogen) atoms. The molecule has 7 heteroatoms. The quantitative estimate of drug-likeness (QED) is 0.477. The lowest BCUT2D eigenvalue weighted by Crippen LogP contribution is -2.40. The van der Waals surface area contributed by atoms with Crippen LogP contribution in [0.4, 0.5) is 11.4 Å². The highest BCUT2D eigenvalue weighted by Crippen LogP contribution is 2.32. The van der Waals surface area contributed by atoms with Gasteiger partial charge in [0.25, 0.3) is 5.69 Å². The van der Waals surface area contributed by atoms with Crippen molar-refractivity contribution in [2.24, 2.45) is 5.92 Å². The van der Waals surface area contributed by atoms with Gasteiger partial charge in [-0.05, 0) is 53.5 Å². The van der Waals surface area contributed by atoms with Gasteiger partial charge in [0.05, 0.1) is 4.92 Å². The van der Waals surface area contributed by atoms with Crippen LogP contribution in [-0.2, 0) is 4.79 Å². The molecule has 1 heterocycles. The van der Waals surface area contributed by atoms with Crippen molar-refractivity contribution in [3.63, 3.8) is 0 Å². The summed E-state index contributed by atoms with van der Waals surface area (Å²) in [4.78, 5) is 24.0. The maximum Gasteiger partial charge on any atom is 0.293 e. The van der Waals surface area contributed by atoms with Gasteiger partial charge in [0.2, 0.25) is 5.91 Å². The molecular weight excluding hydrogens is 385 g/mol. The number of hydrogen-bond donors (Lipinski definition) is 1. The van der Waals surface area contributed by atoms with E-state index in [1.165, 1.54) is 6.92 Å². The van der Waals surface area contributed by atoms with Crippen molar-refractivity contribution in [3.05, 3.63) is 31.9 Å². The summed E-state index contributed by atoms with van der Waals surface area (Å²) in [5.41, 5.74) is 0.829. The minimum atomic E-state index is -0.324. The fraction of sp³-hybridized carbons (Fsp3) is 0.500. The number of nitrogens with zero attached hydrogens (tertiary/aromatic N) is 2. The van der Waals surface area contributed by atoms with Gasteiger partial charge in [0.15, 0.2) is 0 Å². The second-order valence-corrected chi connectivity index (χ2v) is 6.53. The molecule has 0 spiro atoms. The zero-order valence-electron chi connectivity index (χ0n) is 11.8. The number of nitro groups is 1. The molecule has 114 valence electrons. The van der Waals surface area contributed by atoms with Crippen molar-refractivity contribution >= 4 is 39.9 Å². The number of piperidine rings is 1. The number of carbonyl (C=O) groups excluding carboxylic acids is 1. The van der Waals surface area contributed by atoms with Gasteiger partial charge in [-0.3, -0.25) is 14.9 Å². The molecular formula is C14H18IN3O3. The highest BCUT2D eigenvalue weighted by Gasteiger charge is 2.25. The molecule has 1 aliphatic rings. The Bertz CT molecular complexity index is 550. The Hall–Kier alpha value is -1.38. The van der Waals surface area contributed by atoms with Crippen LogP contribution in [-0.4, -0.2) is 30.5 Å². The first-order valence-corrected chi connectivity index (χ1v) is 7.98. The fourth-order valence-electron chi connectivity index (χ4n) is 2.65. The molecule has 1 saturated heterocycles. The third-order valence-corrected chi connectivity index (χ3v) is 4.30. The number of benzene rings is 1. The molecule has 0 saturated carbocycles. The van der Waals surface area contributed by atoms with E-state index in [-0.39, 0.29) is 16.5 Å². The Balaban J connectivity index is 2.14. The van der Waals surface area contributed by atoms with Crippen molar-refractivity contribution in [1.82, 2.24) is 5.32 Å². The third-order valence-electron chi connectivity index (χ3n) is 3.63. The molecule has 6 nitrogen and oxygen atoms in total. The van der Waals surface area contributed by atoms with E-state index in [1.807, 2.05) is 12.1 Å². The van der Waals surface area contributed by atoms with E-state index in [2.05, 4.69) is 32.8 Å². The van der Waals surface area contributed by atoms with Crippen molar-refractivity contribution in [2.75, 3.05) is 24.5 Å². The Kier molecular flexibility index (Phi) is 5.38. The Morgan fingerprint density at radius 1 is 1.57 bits per heavy atom. The second kappa shape index (κ2) is 7.06. The molecule has 0 aromatic heterocycles. The number of halogens is 1. The van der Waals surface area contributed by atoms with Gasteiger partial charge in [-0.25, -0.2) is 0 Å². The van der Waals surface area contributed by atoms with Crippen molar-refractivity contribution in [1.29, 1.82) is 0 Å². The SMILES string of the molecule is CC(=O)NCC1CCCN(c2ccc(I)cc2[N+](=O)[O-])C1. The zero-order chi connectivity index (χ0) is 15.4. The largest absolute Gasteiger partial charge is 0.366 e. The van der Waals surface area contributed by atoms with E-state index in [4.69, 9.17) is 0 Å². The van der Waals surface area contributed by atoms with Crippen LogP contribution < -0.4 is 10.2 Å². The van der Waals surface area contributed by atoms with Crippen LogP contribution in [0.25, 0.3) is 0 Å². The van der Waals surface area contributed by atoms with Crippen LogP contribution >= 0.6 is 22.6 Å². The fourth-order valence-corrected chi connectivity index (χ4v) is 3.12. The lowest BCUT2D eigenvalue weighted by Gasteiger charge is -2.34. The molecule has 1 aromatic carbocycles. The normalized spacial score (nSPS) is 18.4. The van der Waals surface area contributed by atoms with Gasteiger partial charge in [0, 0.05) is 36.2 Å². The maximum atomic E-state index is 11.2. The highest BCUT2D eigenvalue weighted by molar-refractivity contribution is 14.1. The molecule has 1 unspecified atom stereocenters. The monoisotopic (exact) mass is 403 g/mol. The third kappa shape index (κ3) is 4.29. The van der Waals surface area contributed by atoms with E-state index < -0.39 is 0 Å². The lowest BCUT2D eigenvalue weighted by molar-refractivity contribution is -0.384. The van der Waals surface area contributed by atoms with E-state index in [1.54, 1.807) is 6.07 Å². The van der Waals surface area contributed by atoms with Crippen LogP contribution in [0.2, 0.25) is 0 Å². The molecule has 1 N–H and O–H groups in total. The van der Waals surface area contributed by atoms with E-state index in [0.717, 1.165) is 29.5 Å². The predicted octanol–water partition coefficient (Wildman–Crippen LogP) is 2.55. The van der Waals surface area contributed by atoms with Gasteiger partial charge in [-0.2, -0.15) is 0 Å². The standard InChI is InChI=1S/C14H18IN3O3/c1-10(19)16-8-11-3-2-6-17(9-11)13-5-4-12(15)7-14(13)18(20)21/h4-5,7,11H,2-3,6,8-9H2,1H3,(H,16,19). The van der Waals surface area contributed by atoms with Gasteiger partial charge >= 0.3 is 0 Å². The van der Waals surface area contributed by atoms with Crippen molar-refractivity contribution in [2.45, 2.75) is 19.8 Å². The van der Waals surface area contributed by atoms with Crippen LogP contribution in [0.15, 0.2) is 18.2 Å². The summed E-state index contributed by atoms with van der Waals surface area (Å²) in [6.45, 7) is 3.69. The van der Waals surface area contributed by atoms with Crippen molar-refractivity contribution in [3.8, 4) is 0 Å². The van der Waals surface area contributed by atoms with Crippen LogP contribution in [0.5, 0.6) is 0 Å². The molecule has 1 atom stereocenters. The number of amides is 1. The van der Waals surface area contributed by atoms with E-state index in [0.29, 0.717) is 18.2 Å². The first-order chi connectivity index (χ1) is 9.97. The maximum absolute atomic E-state index is 11.2. The molecule has 1 fully saturated rings. The van der Waals surface area contributed by atoms with Crippen LogP contribution in [0.3, 0.4) is 0 Å². The number of carbonyl (C=O) groups is 1. The molecule has 0 aliphatic carbocycles. The Morgan fingerprint density at radius 3 is 3.00 bits per heavy atom. The summed E-state index contributed by atoms with van der Waals surface area (Å²) in [5.74, 6) is 0.300. The summed E-state index contributed by atoms with van der Waals surface area (Å²) in [6.07, 6.45) is 2.02. The summed E-state index contributed by atoms with van der Waals surface area (Å²) < 4.78 is 0.856. The van der Waals surface area contributed by atoms with E-state index in [9.17, 15) is 14.9 Å². The van der Waals surface area contributed by atoms with Crippen molar-refractivity contribution < 1.29 is 9.72 Å². The molecule has 1 aromatic rings. The lowest BCUT2D eigenvalue weighted by atomic mass is 9.97. The van der Waals surface area contributed by atoms with Gasteiger partial charge in [-0.1, -0.05) is 0 Å². The molecule has 1 amide bonds. The molecule has 1 aliphatic heterocycles. The summed E-state index contributed by atoms with van der Waals surface area (Å²) in [5, 5.41) is 14.1. The smallest absolute Gasteiger partial charge is 0.293 e. The Labute approximate surface area is 137 Å². The first-order valence-electron chi connectivity index (χ1n) is 6.90. The number of anilines is 1. The highest BCUT2D eigenvalue weighted by atomic mass is 127. The molecule has 0 radical (unpaired) electrons. The van der Waals surface area contributed by atoms with Crippen LogP contribution in [0.1, 0.15) is 19.8 Å². The van der Waals surface area contributed by atoms with Gasteiger partial charge in [0.1, 0.15) is 5.69 Å². The predicted molar refractivity (Wildman–Crippen MR) is 89.4 cm³/mol. The average Bonchev–Trinajstić information content (AvgIpc) is 2.45. The van der Waals surface area contributed by atoms with E-state index >= 15 is 0 Å². The summed E-state index contributed by atoms with van der Waals surface area (Å²) in [7, 11) is 0. The van der Waals surface area contributed by atoms with Crippen LogP contribution in [0, 0.1) is 19.6 Å². The number of hydrogen-bond acceptors (Lipinski definition) is 4. The van der Waals surface area contributed by atoms with Gasteiger partial charge < -0.3 is 10.2 Å². The minimum Gasteiger partial charge on any atom is -0.366 e. The average molecular weight is 403 g/mol. The summed E-state index contributed by atoms with van der Waals surface area (Å²) >= 11 is 2.08. The molecule has 0 bridgehead atoms. The second-order valence-electron chi connectivity index (χ2n) is 5.28. The molecule has 2 rings (SSSR count). The zero-order valence-corrected chi connectivity index (χ0v) is 14.0. The summed E-state index contributed by atoms with van der Waals surface area (Å²) in [6, 6.07) is 5.31. The Morgan fingerprint density at radius 2 is 2.33 bits per heavy atom.